The second-order valence-electron chi connectivity index (χ2n) is 3.86. The van der Waals surface area contributed by atoms with Gasteiger partial charge in [-0.15, -0.1) is 13.2 Å². The van der Waals surface area contributed by atoms with Gasteiger partial charge < -0.3 is 0 Å². The molecule has 92 valence electrons. The van der Waals surface area contributed by atoms with E-state index in [0.717, 1.165) is 18.4 Å². The van der Waals surface area contributed by atoms with Crippen molar-refractivity contribution >= 4 is 10.0 Å². The molecule has 0 fully saturated rings. The molecule has 0 amide bonds. The molecule has 1 rings (SSSR count). The Morgan fingerprint density at radius 3 is 1.94 bits per heavy atom. The average Bonchev–Trinajstić information content (AvgIpc) is 2.28. The maximum Gasteiger partial charge on any atom is 0.238 e. The molecule has 4 heteroatoms. The summed E-state index contributed by atoms with van der Waals surface area (Å²) in [5, 5.41) is 5.04. The van der Waals surface area contributed by atoms with Crippen LogP contribution in [0.5, 0.6) is 0 Å². The molecule has 2 N–H and O–H groups in total. The zero-order chi connectivity index (χ0) is 12.9. The van der Waals surface area contributed by atoms with Crippen LogP contribution in [0, 0.1) is 0 Å². The Bertz CT molecular complexity index is 479. The summed E-state index contributed by atoms with van der Waals surface area (Å²) in [6.07, 6.45) is 5.37. The van der Waals surface area contributed by atoms with Crippen LogP contribution in [0.4, 0.5) is 0 Å². The number of benzene rings is 1. The van der Waals surface area contributed by atoms with E-state index in [1.807, 2.05) is 12.2 Å². The van der Waals surface area contributed by atoms with Crippen LogP contribution < -0.4 is 5.14 Å². The largest absolute Gasteiger partial charge is 0.238 e. The van der Waals surface area contributed by atoms with Crippen molar-refractivity contribution in [3.8, 4) is 0 Å². The number of allylic oxidation sites excluding steroid dienone is 2. The van der Waals surface area contributed by atoms with Gasteiger partial charge in [0.1, 0.15) is 0 Å². The Balaban J connectivity index is 2.99. The number of nitrogens with two attached hydrogens (primary N) is 1. The standard InChI is InChI=1S/C13H17NO2S/c1-3-5-11(6-4-2)12-7-9-13(10-8-12)17(14,15)16/h3-4,7-11H,1-2,5-6H2,(H2,14,15,16). The summed E-state index contributed by atoms with van der Waals surface area (Å²) in [7, 11) is -3.61. The lowest BCUT2D eigenvalue weighted by molar-refractivity contribution is 0.597. The molecule has 1 aromatic carbocycles. The molecule has 0 unspecified atom stereocenters. The molecular formula is C13H17NO2S. The van der Waals surface area contributed by atoms with Crippen molar-refractivity contribution in [1.82, 2.24) is 0 Å². The molecule has 0 atom stereocenters. The Morgan fingerprint density at radius 1 is 1.12 bits per heavy atom. The maximum atomic E-state index is 11.1. The van der Waals surface area contributed by atoms with E-state index in [9.17, 15) is 8.42 Å². The maximum absolute atomic E-state index is 11.1. The van der Waals surface area contributed by atoms with E-state index < -0.39 is 10.0 Å². The van der Waals surface area contributed by atoms with Gasteiger partial charge in [-0.2, -0.15) is 0 Å². The van der Waals surface area contributed by atoms with Crippen LogP contribution in [-0.4, -0.2) is 8.42 Å². The highest BCUT2D eigenvalue weighted by atomic mass is 32.2. The fourth-order valence-electron chi connectivity index (χ4n) is 1.70. The van der Waals surface area contributed by atoms with E-state index in [1.54, 1.807) is 12.1 Å². The smallest absolute Gasteiger partial charge is 0.225 e. The number of sulfonamides is 1. The van der Waals surface area contributed by atoms with E-state index in [-0.39, 0.29) is 4.90 Å². The van der Waals surface area contributed by atoms with Crippen molar-refractivity contribution in [1.29, 1.82) is 0 Å². The van der Waals surface area contributed by atoms with Crippen LogP contribution >= 0.6 is 0 Å². The zero-order valence-electron chi connectivity index (χ0n) is 9.67. The van der Waals surface area contributed by atoms with Gasteiger partial charge in [-0.05, 0) is 36.5 Å². The molecule has 0 saturated heterocycles. The zero-order valence-corrected chi connectivity index (χ0v) is 10.5. The molecule has 0 saturated carbocycles. The highest BCUT2D eigenvalue weighted by Crippen LogP contribution is 2.25. The Kier molecular flexibility index (Phi) is 4.66. The second kappa shape index (κ2) is 5.80. The van der Waals surface area contributed by atoms with Crippen LogP contribution in [0.1, 0.15) is 24.3 Å². The fraction of sp³-hybridized carbons (Fsp3) is 0.231. The van der Waals surface area contributed by atoms with Gasteiger partial charge in [0.2, 0.25) is 10.0 Å². The minimum atomic E-state index is -3.61. The average molecular weight is 251 g/mol. The normalized spacial score (nSPS) is 11.4. The summed E-state index contributed by atoms with van der Waals surface area (Å²) < 4.78 is 22.2. The minimum absolute atomic E-state index is 0.136. The number of hydrogen-bond donors (Lipinski definition) is 1. The first-order valence-electron chi connectivity index (χ1n) is 5.33. The molecule has 0 aliphatic heterocycles. The number of hydrogen-bond acceptors (Lipinski definition) is 2. The second-order valence-corrected chi connectivity index (χ2v) is 5.42. The molecule has 0 heterocycles. The predicted molar refractivity (Wildman–Crippen MR) is 70.2 cm³/mol. The highest BCUT2D eigenvalue weighted by Gasteiger charge is 2.11. The van der Waals surface area contributed by atoms with Gasteiger partial charge in [-0.1, -0.05) is 24.3 Å². The Hall–Kier alpha value is -1.39. The van der Waals surface area contributed by atoms with Gasteiger partial charge in [-0.3, -0.25) is 0 Å². The summed E-state index contributed by atoms with van der Waals surface area (Å²) in [5.74, 6) is 0.291. The molecule has 0 spiro atoms. The molecule has 0 aliphatic carbocycles. The van der Waals surface area contributed by atoms with Crippen LogP contribution in [0.25, 0.3) is 0 Å². The van der Waals surface area contributed by atoms with Crippen molar-refractivity contribution < 1.29 is 8.42 Å². The Labute approximate surface area is 103 Å². The molecule has 0 aliphatic rings. The lowest BCUT2D eigenvalue weighted by atomic mass is 9.93. The first-order chi connectivity index (χ1) is 7.99. The van der Waals surface area contributed by atoms with Crippen molar-refractivity contribution in [2.45, 2.75) is 23.7 Å². The van der Waals surface area contributed by atoms with Crippen LogP contribution in [0.2, 0.25) is 0 Å². The van der Waals surface area contributed by atoms with E-state index in [4.69, 9.17) is 5.14 Å². The predicted octanol–water partition coefficient (Wildman–Crippen LogP) is 2.57. The van der Waals surface area contributed by atoms with Gasteiger partial charge in [0.25, 0.3) is 0 Å². The van der Waals surface area contributed by atoms with E-state index in [2.05, 4.69) is 13.2 Å². The van der Waals surface area contributed by atoms with Gasteiger partial charge in [0.05, 0.1) is 4.90 Å². The number of rotatable bonds is 6. The molecular weight excluding hydrogens is 234 g/mol. The number of primary sulfonamides is 1. The molecule has 0 radical (unpaired) electrons. The van der Waals surface area contributed by atoms with E-state index >= 15 is 0 Å². The lowest BCUT2D eigenvalue weighted by Gasteiger charge is -2.13. The molecule has 17 heavy (non-hydrogen) atoms. The summed E-state index contributed by atoms with van der Waals surface area (Å²) in [4.78, 5) is 0.136. The van der Waals surface area contributed by atoms with E-state index in [0.29, 0.717) is 5.92 Å². The fourth-order valence-corrected chi connectivity index (χ4v) is 2.22. The Morgan fingerprint density at radius 2 is 1.59 bits per heavy atom. The third-order valence-corrected chi connectivity index (χ3v) is 3.51. The van der Waals surface area contributed by atoms with Crippen LogP contribution in [-0.2, 0) is 10.0 Å². The lowest BCUT2D eigenvalue weighted by Crippen LogP contribution is -2.12. The summed E-state index contributed by atoms with van der Waals surface area (Å²) in [6, 6.07) is 6.64. The van der Waals surface area contributed by atoms with Crippen LogP contribution in [0.15, 0.2) is 54.5 Å². The SMILES string of the molecule is C=CCC(CC=C)c1ccc(S(N)(=O)=O)cc1. The van der Waals surface area contributed by atoms with Crippen molar-refractivity contribution in [2.24, 2.45) is 5.14 Å². The third-order valence-electron chi connectivity index (χ3n) is 2.58. The van der Waals surface area contributed by atoms with Gasteiger partial charge in [0, 0.05) is 0 Å². The van der Waals surface area contributed by atoms with Crippen LogP contribution in [0.3, 0.4) is 0 Å². The summed E-state index contributed by atoms with van der Waals surface area (Å²) in [6.45, 7) is 7.43. The topological polar surface area (TPSA) is 60.2 Å². The van der Waals surface area contributed by atoms with Gasteiger partial charge in [-0.25, -0.2) is 13.6 Å². The summed E-state index contributed by atoms with van der Waals surface area (Å²) >= 11 is 0. The molecule has 0 aromatic heterocycles. The van der Waals surface area contributed by atoms with Gasteiger partial charge in [0.15, 0.2) is 0 Å². The first kappa shape index (κ1) is 13.7. The molecule has 0 bridgehead atoms. The van der Waals surface area contributed by atoms with Crippen molar-refractivity contribution in [2.75, 3.05) is 0 Å². The quantitative estimate of drug-likeness (QED) is 0.790. The first-order valence-corrected chi connectivity index (χ1v) is 6.88. The monoisotopic (exact) mass is 251 g/mol. The van der Waals surface area contributed by atoms with Gasteiger partial charge >= 0.3 is 0 Å². The molecule has 3 nitrogen and oxygen atoms in total. The van der Waals surface area contributed by atoms with Crippen molar-refractivity contribution in [3.05, 3.63) is 55.1 Å². The van der Waals surface area contributed by atoms with E-state index in [1.165, 1.54) is 12.1 Å². The van der Waals surface area contributed by atoms with Crippen molar-refractivity contribution in [3.63, 3.8) is 0 Å². The third kappa shape index (κ3) is 3.84. The highest BCUT2D eigenvalue weighted by molar-refractivity contribution is 7.89. The minimum Gasteiger partial charge on any atom is -0.225 e. The summed E-state index contributed by atoms with van der Waals surface area (Å²) in [5.41, 5.74) is 1.07. The molecule has 1 aromatic rings.